The first-order valence-electron chi connectivity index (χ1n) is 7.99. The lowest BCUT2D eigenvalue weighted by atomic mass is 10.1. The molecule has 0 unspecified atom stereocenters. The summed E-state index contributed by atoms with van der Waals surface area (Å²) >= 11 is 0. The first kappa shape index (κ1) is 14.1. The van der Waals surface area contributed by atoms with Gasteiger partial charge in [-0.1, -0.05) is 24.3 Å². The van der Waals surface area contributed by atoms with Crippen LogP contribution in [0.4, 0.5) is 0 Å². The van der Waals surface area contributed by atoms with Gasteiger partial charge < -0.3 is 10.1 Å². The van der Waals surface area contributed by atoms with E-state index >= 15 is 0 Å². The van der Waals surface area contributed by atoms with E-state index in [9.17, 15) is 0 Å². The van der Waals surface area contributed by atoms with Crippen LogP contribution in [0, 0.1) is 5.92 Å². The molecule has 2 aliphatic rings. The Morgan fingerprint density at radius 3 is 2.50 bits per heavy atom. The topological polar surface area (TPSA) is 24.5 Å². The van der Waals surface area contributed by atoms with Gasteiger partial charge in [-0.2, -0.15) is 0 Å². The normalized spacial score (nSPS) is 20.2. The average Bonchev–Trinajstić information content (AvgIpc) is 2.90. The van der Waals surface area contributed by atoms with Crippen LogP contribution < -0.4 is 5.32 Å². The molecule has 0 bridgehead atoms. The molecule has 1 saturated heterocycles. The SMILES string of the molecule is c1ccc2c(c1)CC(CNCCCN1CCOCC1)C2. The molecule has 0 saturated carbocycles. The summed E-state index contributed by atoms with van der Waals surface area (Å²) in [5.74, 6) is 0.802. The van der Waals surface area contributed by atoms with Crippen LogP contribution in [-0.4, -0.2) is 50.8 Å². The Labute approximate surface area is 122 Å². The van der Waals surface area contributed by atoms with Crippen molar-refractivity contribution in [1.82, 2.24) is 10.2 Å². The second-order valence-electron chi connectivity index (χ2n) is 6.05. The van der Waals surface area contributed by atoms with Crippen molar-refractivity contribution < 1.29 is 4.74 Å². The number of nitrogens with one attached hydrogen (secondary N) is 1. The van der Waals surface area contributed by atoms with E-state index in [0.717, 1.165) is 45.3 Å². The fraction of sp³-hybridized carbons (Fsp3) is 0.647. The Balaban J connectivity index is 1.28. The summed E-state index contributed by atoms with van der Waals surface area (Å²) in [6, 6.07) is 8.90. The van der Waals surface area contributed by atoms with Gasteiger partial charge >= 0.3 is 0 Å². The quantitative estimate of drug-likeness (QED) is 0.799. The van der Waals surface area contributed by atoms with E-state index in [4.69, 9.17) is 4.74 Å². The average molecular weight is 274 g/mol. The molecule has 1 fully saturated rings. The molecule has 1 N–H and O–H groups in total. The van der Waals surface area contributed by atoms with Crippen molar-refractivity contribution in [1.29, 1.82) is 0 Å². The van der Waals surface area contributed by atoms with Crippen LogP contribution in [0.3, 0.4) is 0 Å². The van der Waals surface area contributed by atoms with Crippen LogP contribution in [0.15, 0.2) is 24.3 Å². The van der Waals surface area contributed by atoms with Crippen molar-refractivity contribution in [3.8, 4) is 0 Å². The van der Waals surface area contributed by atoms with Crippen LogP contribution in [0.25, 0.3) is 0 Å². The Kier molecular flexibility index (Phi) is 5.06. The first-order valence-corrected chi connectivity index (χ1v) is 7.99. The molecule has 0 atom stereocenters. The van der Waals surface area contributed by atoms with E-state index in [1.807, 2.05) is 0 Å². The summed E-state index contributed by atoms with van der Waals surface area (Å²) < 4.78 is 5.37. The predicted octanol–water partition coefficient (Wildman–Crippen LogP) is 1.71. The van der Waals surface area contributed by atoms with Crippen molar-refractivity contribution in [2.24, 2.45) is 5.92 Å². The Morgan fingerprint density at radius 2 is 1.80 bits per heavy atom. The number of nitrogens with zero attached hydrogens (tertiary/aromatic N) is 1. The first-order chi connectivity index (χ1) is 9.92. The van der Waals surface area contributed by atoms with Crippen LogP contribution in [0.2, 0.25) is 0 Å². The molecule has 1 aromatic rings. The lowest BCUT2D eigenvalue weighted by Crippen LogP contribution is -2.38. The lowest BCUT2D eigenvalue weighted by Gasteiger charge is -2.26. The number of morpholine rings is 1. The Hall–Kier alpha value is -0.900. The molecule has 0 radical (unpaired) electrons. The molecule has 1 heterocycles. The van der Waals surface area contributed by atoms with Crippen molar-refractivity contribution in [3.05, 3.63) is 35.4 Å². The highest BCUT2D eigenvalue weighted by atomic mass is 16.5. The van der Waals surface area contributed by atoms with Gasteiger partial charge in [0.25, 0.3) is 0 Å². The summed E-state index contributed by atoms with van der Waals surface area (Å²) in [5, 5.41) is 3.64. The van der Waals surface area contributed by atoms with E-state index in [2.05, 4.69) is 34.5 Å². The van der Waals surface area contributed by atoms with Gasteiger partial charge in [-0.25, -0.2) is 0 Å². The molecule has 3 rings (SSSR count). The predicted molar refractivity (Wildman–Crippen MR) is 82.1 cm³/mol. The molecule has 20 heavy (non-hydrogen) atoms. The van der Waals surface area contributed by atoms with E-state index in [0.29, 0.717) is 0 Å². The largest absolute Gasteiger partial charge is 0.379 e. The van der Waals surface area contributed by atoms with Gasteiger partial charge in [0.05, 0.1) is 13.2 Å². The van der Waals surface area contributed by atoms with Crippen LogP contribution in [0.1, 0.15) is 17.5 Å². The van der Waals surface area contributed by atoms with Gasteiger partial charge in [-0.05, 0) is 55.9 Å². The van der Waals surface area contributed by atoms with Gasteiger partial charge in [0.15, 0.2) is 0 Å². The highest BCUT2D eigenvalue weighted by Crippen LogP contribution is 2.25. The van der Waals surface area contributed by atoms with Gasteiger partial charge in [-0.15, -0.1) is 0 Å². The molecule has 3 heteroatoms. The summed E-state index contributed by atoms with van der Waals surface area (Å²) in [5.41, 5.74) is 3.13. The summed E-state index contributed by atoms with van der Waals surface area (Å²) in [4.78, 5) is 2.51. The molecule has 0 aromatic heterocycles. The summed E-state index contributed by atoms with van der Waals surface area (Å²) in [6.07, 6.45) is 3.76. The summed E-state index contributed by atoms with van der Waals surface area (Å²) in [7, 11) is 0. The highest BCUT2D eigenvalue weighted by molar-refractivity contribution is 5.32. The van der Waals surface area contributed by atoms with Crippen molar-refractivity contribution in [2.75, 3.05) is 45.9 Å². The van der Waals surface area contributed by atoms with E-state index in [1.54, 1.807) is 11.1 Å². The van der Waals surface area contributed by atoms with E-state index in [-0.39, 0.29) is 0 Å². The molecule has 1 aromatic carbocycles. The van der Waals surface area contributed by atoms with Crippen molar-refractivity contribution in [2.45, 2.75) is 19.3 Å². The zero-order valence-corrected chi connectivity index (χ0v) is 12.3. The zero-order valence-electron chi connectivity index (χ0n) is 12.3. The second kappa shape index (κ2) is 7.21. The van der Waals surface area contributed by atoms with Gasteiger partial charge in [0.1, 0.15) is 0 Å². The van der Waals surface area contributed by atoms with Crippen molar-refractivity contribution in [3.63, 3.8) is 0 Å². The van der Waals surface area contributed by atoms with Gasteiger partial charge in [0, 0.05) is 13.1 Å². The monoisotopic (exact) mass is 274 g/mol. The third kappa shape index (κ3) is 3.81. The fourth-order valence-corrected chi connectivity index (χ4v) is 3.35. The van der Waals surface area contributed by atoms with E-state index in [1.165, 1.54) is 25.8 Å². The van der Waals surface area contributed by atoms with Crippen LogP contribution in [-0.2, 0) is 17.6 Å². The number of fused-ring (bicyclic) bond motifs is 1. The molecular weight excluding hydrogens is 248 g/mol. The molecule has 1 aliphatic carbocycles. The number of rotatable bonds is 6. The second-order valence-corrected chi connectivity index (χ2v) is 6.05. The summed E-state index contributed by atoms with van der Waals surface area (Å²) in [6.45, 7) is 7.56. The fourth-order valence-electron chi connectivity index (χ4n) is 3.35. The standard InChI is InChI=1S/C17H26N2O/c1-2-5-17-13-15(12-16(17)4-1)14-18-6-3-7-19-8-10-20-11-9-19/h1-2,4-5,15,18H,3,6-14H2. The van der Waals surface area contributed by atoms with Crippen LogP contribution >= 0.6 is 0 Å². The number of hydrogen-bond acceptors (Lipinski definition) is 3. The van der Waals surface area contributed by atoms with Crippen LogP contribution in [0.5, 0.6) is 0 Å². The maximum absolute atomic E-state index is 5.37. The maximum atomic E-state index is 5.37. The molecule has 3 nitrogen and oxygen atoms in total. The molecule has 0 spiro atoms. The molecule has 0 amide bonds. The number of benzene rings is 1. The van der Waals surface area contributed by atoms with Gasteiger partial charge in [-0.3, -0.25) is 4.90 Å². The minimum absolute atomic E-state index is 0.802. The molecule has 1 aliphatic heterocycles. The highest BCUT2D eigenvalue weighted by Gasteiger charge is 2.20. The molecular formula is C17H26N2O. The maximum Gasteiger partial charge on any atom is 0.0594 e. The minimum atomic E-state index is 0.802. The molecule has 110 valence electrons. The Bertz CT molecular complexity index is 390. The smallest absolute Gasteiger partial charge is 0.0594 e. The third-order valence-electron chi connectivity index (χ3n) is 4.50. The minimum Gasteiger partial charge on any atom is -0.379 e. The van der Waals surface area contributed by atoms with Crippen molar-refractivity contribution >= 4 is 0 Å². The third-order valence-corrected chi connectivity index (χ3v) is 4.50. The number of hydrogen-bond donors (Lipinski definition) is 1. The van der Waals surface area contributed by atoms with E-state index < -0.39 is 0 Å². The lowest BCUT2D eigenvalue weighted by molar-refractivity contribution is 0.0374. The Morgan fingerprint density at radius 1 is 1.10 bits per heavy atom. The number of ether oxygens (including phenoxy) is 1. The zero-order chi connectivity index (χ0) is 13.6. The van der Waals surface area contributed by atoms with Gasteiger partial charge in [0.2, 0.25) is 0 Å².